The number of hydrogen-bond acceptors (Lipinski definition) is 3. The zero-order valence-corrected chi connectivity index (χ0v) is 26.0. The normalized spacial score (nSPS) is 13.7. The van der Waals surface area contributed by atoms with E-state index in [0.29, 0.717) is 38.8 Å². The molecule has 8 aromatic carbocycles. The van der Waals surface area contributed by atoms with Crippen LogP contribution >= 0.6 is 0 Å². The van der Waals surface area contributed by atoms with Crippen molar-refractivity contribution in [1.29, 1.82) is 0 Å². The van der Waals surface area contributed by atoms with Crippen molar-refractivity contribution < 1.29 is 18.4 Å². The Bertz CT molecular complexity index is 3180. The van der Waals surface area contributed by atoms with Gasteiger partial charge in [0, 0.05) is 55.8 Å². The maximum atomic E-state index is 9.05. The van der Waals surface area contributed by atoms with Crippen LogP contribution in [0.15, 0.2) is 185 Å². The third kappa shape index (κ3) is 4.37. The van der Waals surface area contributed by atoms with Gasteiger partial charge in [-0.1, -0.05) is 121 Å². The molecule has 2 aromatic heterocycles. The molecular formula is C46H29NO2. The fraction of sp³-hybridized carbons (Fsp3) is 0. The number of nitrogens with zero attached hydrogens (tertiary/aromatic N) is 1. The predicted octanol–water partition coefficient (Wildman–Crippen LogP) is 13.4. The highest BCUT2D eigenvalue weighted by atomic mass is 16.3. The largest absolute Gasteiger partial charge is 0.456 e. The van der Waals surface area contributed by atoms with E-state index < -0.39 is 12.1 Å². The summed E-state index contributed by atoms with van der Waals surface area (Å²) in [6.45, 7) is 0. The molecule has 0 spiro atoms. The first-order chi connectivity index (χ1) is 27.2. The van der Waals surface area contributed by atoms with Crippen molar-refractivity contribution in [3.8, 4) is 22.5 Å². The smallest absolute Gasteiger partial charge is 0.143 e. The third-order valence-corrected chi connectivity index (χ3v) is 9.16. The molecule has 0 fully saturated rings. The summed E-state index contributed by atoms with van der Waals surface area (Å²) in [5.41, 5.74) is 6.51. The van der Waals surface area contributed by atoms with E-state index in [9.17, 15) is 0 Å². The molecule has 3 nitrogen and oxygen atoms in total. The van der Waals surface area contributed by atoms with Crippen LogP contribution in [0, 0.1) is 0 Å². The van der Waals surface area contributed by atoms with Crippen molar-refractivity contribution >= 4 is 71.5 Å². The van der Waals surface area contributed by atoms with Gasteiger partial charge in [0.25, 0.3) is 0 Å². The molecule has 0 amide bonds. The minimum atomic E-state index is -0.451. The average molecular weight is 635 g/mol. The topological polar surface area (TPSA) is 29.5 Å². The Kier molecular flexibility index (Phi) is 4.79. The molecule has 0 aliphatic rings. The summed E-state index contributed by atoms with van der Waals surface area (Å²) in [6, 6.07) is 41.1. The Balaban J connectivity index is 1.27. The van der Waals surface area contributed by atoms with Crippen LogP contribution in [-0.4, -0.2) is 0 Å². The van der Waals surface area contributed by atoms with E-state index >= 15 is 0 Å². The zero-order chi connectivity index (χ0) is 38.4. The van der Waals surface area contributed by atoms with Crippen LogP contribution in [-0.2, 0) is 0 Å². The predicted molar refractivity (Wildman–Crippen MR) is 204 cm³/mol. The molecule has 0 radical (unpaired) electrons. The number of benzene rings is 8. The maximum Gasteiger partial charge on any atom is 0.143 e. The Morgan fingerprint density at radius 3 is 1.73 bits per heavy atom. The number of fused-ring (bicyclic) bond motifs is 9. The molecule has 230 valence electrons. The fourth-order valence-corrected chi connectivity index (χ4v) is 7.01. The van der Waals surface area contributed by atoms with Crippen LogP contribution < -0.4 is 4.90 Å². The number of para-hydroxylation sites is 2. The van der Waals surface area contributed by atoms with Gasteiger partial charge in [0.1, 0.15) is 22.5 Å². The van der Waals surface area contributed by atoms with Crippen molar-refractivity contribution in [2.75, 3.05) is 4.90 Å². The molecule has 49 heavy (non-hydrogen) atoms. The first kappa shape index (κ1) is 21.3. The fourth-order valence-electron chi connectivity index (χ4n) is 7.01. The van der Waals surface area contributed by atoms with E-state index in [-0.39, 0.29) is 52.0 Å². The van der Waals surface area contributed by atoms with Gasteiger partial charge in [0.05, 0.1) is 9.60 Å². The third-order valence-electron chi connectivity index (χ3n) is 9.16. The lowest BCUT2D eigenvalue weighted by Crippen LogP contribution is -2.09. The molecular weight excluding hydrogens is 599 g/mol. The van der Waals surface area contributed by atoms with Gasteiger partial charge in [0.15, 0.2) is 0 Å². The van der Waals surface area contributed by atoms with Gasteiger partial charge < -0.3 is 13.7 Å². The lowest BCUT2D eigenvalue weighted by atomic mass is 9.92. The SMILES string of the molecule is [2H]c1cc2c3c(-c4ccc5c(c4)oc4cc(N(c6ccccc6)c6ccccc6)ccc45)c(-c4ccccc4)oc3c3c([2H])c([2H])c([2H])c([2H])c3c2c([2H])c1[2H]. The van der Waals surface area contributed by atoms with E-state index in [2.05, 4.69) is 41.3 Å². The van der Waals surface area contributed by atoms with Crippen molar-refractivity contribution in [3.63, 3.8) is 0 Å². The lowest BCUT2D eigenvalue weighted by Gasteiger charge is -2.25. The molecule has 3 heteroatoms. The highest BCUT2D eigenvalue weighted by Gasteiger charge is 2.23. The quantitative estimate of drug-likeness (QED) is 0.176. The number of hydrogen-bond donors (Lipinski definition) is 0. The number of anilines is 3. The highest BCUT2D eigenvalue weighted by Crippen LogP contribution is 2.48. The van der Waals surface area contributed by atoms with Gasteiger partial charge in [-0.3, -0.25) is 0 Å². The average Bonchev–Trinajstić information content (AvgIpc) is 3.81. The number of rotatable bonds is 5. The second kappa shape index (κ2) is 11.0. The second-order valence-electron chi connectivity index (χ2n) is 12.0. The standard InChI is InChI=1S/C46H29NO2/c1-4-14-30(15-5-1)45-43(44-39-22-12-10-20-35(39)36-21-11-13-23-40(36)46(44)49-45)31-24-26-37-38-27-25-34(29-42(38)48-41(37)28-31)47(32-16-6-2-7-17-32)33-18-8-3-9-19-33/h1-29H/i10D,11D,12D,13D,20D,21D,23D. The van der Waals surface area contributed by atoms with Crippen LogP contribution in [0.25, 0.3) is 76.9 Å². The van der Waals surface area contributed by atoms with Crippen molar-refractivity contribution in [3.05, 3.63) is 176 Å². The first-order valence-electron chi connectivity index (χ1n) is 19.5. The summed E-state index contributed by atoms with van der Waals surface area (Å²) in [4.78, 5) is 2.18. The summed E-state index contributed by atoms with van der Waals surface area (Å²) in [5.74, 6) is 0.453. The molecule has 0 atom stereocenters. The molecule has 0 saturated carbocycles. The minimum absolute atomic E-state index is 0.0838. The van der Waals surface area contributed by atoms with Crippen LogP contribution in [0.1, 0.15) is 9.60 Å². The van der Waals surface area contributed by atoms with Gasteiger partial charge in [-0.05, 0) is 70.3 Å². The summed E-state index contributed by atoms with van der Waals surface area (Å²) in [7, 11) is 0. The van der Waals surface area contributed by atoms with Crippen LogP contribution in [0.5, 0.6) is 0 Å². The number of furan rings is 2. The molecule has 0 bridgehead atoms. The van der Waals surface area contributed by atoms with E-state index in [1.807, 2.05) is 91.0 Å². The van der Waals surface area contributed by atoms with E-state index in [1.54, 1.807) is 0 Å². The van der Waals surface area contributed by atoms with Crippen LogP contribution in [0.2, 0.25) is 0 Å². The Morgan fingerprint density at radius 1 is 0.429 bits per heavy atom. The Labute approximate surface area is 292 Å². The molecule has 10 rings (SSSR count). The molecule has 0 saturated heterocycles. The van der Waals surface area contributed by atoms with Crippen LogP contribution in [0.4, 0.5) is 17.1 Å². The summed E-state index contributed by atoms with van der Waals surface area (Å²) in [5, 5.41) is 3.08. The van der Waals surface area contributed by atoms with E-state index in [0.717, 1.165) is 33.4 Å². The van der Waals surface area contributed by atoms with Crippen molar-refractivity contribution in [2.24, 2.45) is 0 Å². The molecule has 0 aliphatic heterocycles. The van der Waals surface area contributed by atoms with Crippen molar-refractivity contribution in [2.45, 2.75) is 0 Å². The van der Waals surface area contributed by atoms with Gasteiger partial charge in [-0.15, -0.1) is 0 Å². The van der Waals surface area contributed by atoms with Gasteiger partial charge in [-0.2, -0.15) is 0 Å². The van der Waals surface area contributed by atoms with Gasteiger partial charge in [0.2, 0.25) is 0 Å². The molecule has 10 aromatic rings. The Morgan fingerprint density at radius 2 is 1.02 bits per heavy atom. The first-order valence-corrected chi connectivity index (χ1v) is 16.0. The maximum absolute atomic E-state index is 9.05. The molecule has 0 unspecified atom stereocenters. The van der Waals surface area contributed by atoms with Crippen LogP contribution in [0.3, 0.4) is 0 Å². The molecule has 2 heterocycles. The molecule has 0 aliphatic carbocycles. The highest BCUT2D eigenvalue weighted by molar-refractivity contribution is 6.28. The van der Waals surface area contributed by atoms with E-state index in [4.69, 9.17) is 18.4 Å². The molecule has 0 N–H and O–H groups in total. The van der Waals surface area contributed by atoms with Gasteiger partial charge in [-0.25, -0.2) is 0 Å². The Hall–Kier alpha value is -6.58. The van der Waals surface area contributed by atoms with E-state index in [1.165, 1.54) is 6.07 Å². The summed E-state index contributed by atoms with van der Waals surface area (Å²) in [6.07, 6.45) is 0. The summed E-state index contributed by atoms with van der Waals surface area (Å²) >= 11 is 0. The minimum Gasteiger partial charge on any atom is -0.456 e. The zero-order valence-electron chi connectivity index (χ0n) is 33.0. The van der Waals surface area contributed by atoms with Crippen molar-refractivity contribution in [1.82, 2.24) is 0 Å². The second-order valence-corrected chi connectivity index (χ2v) is 12.0. The van der Waals surface area contributed by atoms with Gasteiger partial charge >= 0.3 is 0 Å². The monoisotopic (exact) mass is 634 g/mol. The lowest BCUT2D eigenvalue weighted by molar-refractivity contribution is 0.636. The summed E-state index contributed by atoms with van der Waals surface area (Å²) < 4.78 is 74.7.